The van der Waals surface area contributed by atoms with Crippen LogP contribution in [0.1, 0.15) is 11.3 Å². The van der Waals surface area contributed by atoms with Gasteiger partial charge in [-0.25, -0.2) is 4.98 Å². The summed E-state index contributed by atoms with van der Waals surface area (Å²) in [6.07, 6.45) is 0. The Bertz CT molecular complexity index is 368. The highest BCUT2D eigenvalue weighted by atomic mass is 32.1. The molecule has 0 atom stereocenters. The zero-order valence-electron chi connectivity index (χ0n) is 8.90. The number of rotatable bonds is 4. The van der Waals surface area contributed by atoms with Crippen molar-refractivity contribution in [3.63, 3.8) is 0 Å². The first-order valence-electron chi connectivity index (χ1n) is 4.65. The van der Waals surface area contributed by atoms with Gasteiger partial charge in [0.15, 0.2) is 0 Å². The van der Waals surface area contributed by atoms with E-state index < -0.39 is 0 Å². The molecule has 82 valence electrons. The molecule has 0 spiro atoms. The molecule has 0 aliphatic carbocycles. The van der Waals surface area contributed by atoms with E-state index in [1.807, 2.05) is 31.0 Å². The number of nitrogens with two attached hydrogens (primary N) is 1. The molecule has 1 aromatic heterocycles. The Morgan fingerprint density at radius 1 is 1.60 bits per heavy atom. The smallest absolute Gasteiger partial charge is 0.138 e. The van der Waals surface area contributed by atoms with Crippen LogP contribution in [0.3, 0.4) is 0 Å². The summed E-state index contributed by atoms with van der Waals surface area (Å²) >= 11 is 4.94. The molecule has 5 heteroatoms. The van der Waals surface area contributed by atoms with Gasteiger partial charge in [0.25, 0.3) is 0 Å². The molecule has 1 aromatic rings. The first-order valence-corrected chi connectivity index (χ1v) is 5.06. The molecule has 0 radical (unpaired) electrons. The zero-order chi connectivity index (χ0) is 11.4. The lowest BCUT2D eigenvalue weighted by molar-refractivity contribution is 0.304. The number of likely N-dealkylation sites (N-methyl/N-ethyl adjacent to an activating group) is 1. The highest BCUT2D eigenvalue weighted by molar-refractivity contribution is 7.80. The number of pyridine rings is 1. The lowest BCUT2D eigenvalue weighted by Crippen LogP contribution is -2.26. The predicted molar refractivity (Wildman–Crippen MR) is 65.2 cm³/mol. The summed E-state index contributed by atoms with van der Waals surface area (Å²) in [5.41, 5.74) is 7.24. The molecule has 0 bridgehead atoms. The van der Waals surface area contributed by atoms with E-state index in [4.69, 9.17) is 23.1 Å². The van der Waals surface area contributed by atoms with Crippen LogP contribution < -0.4 is 10.6 Å². The molecule has 0 saturated heterocycles. The lowest BCUT2D eigenvalue weighted by Gasteiger charge is -2.20. The van der Waals surface area contributed by atoms with Crippen LogP contribution in [0.2, 0.25) is 0 Å². The minimum Gasteiger partial charge on any atom is -0.395 e. The van der Waals surface area contributed by atoms with Crippen molar-refractivity contribution < 1.29 is 5.11 Å². The molecule has 0 fully saturated rings. The number of aliphatic hydroxyl groups is 1. The van der Waals surface area contributed by atoms with Crippen molar-refractivity contribution in [2.24, 2.45) is 5.73 Å². The fourth-order valence-corrected chi connectivity index (χ4v) is 1.44. The van der Waals surface area contributed by atoms with Crippen LogP contribution in [0.4, 0.5) is 5.82 Å². The normalized spacial score (nSPS) is 10.1. The molecule has 0 amide bonds. The number of thiocarbonyl (C=S) groups is 1. The maximum Gasteiger partial charge on any atom is 0.138 e. The molecule has 0 aliphatic rings. The summed E-state index contributed by atoms with van der Waals surface area (Å²) in [6, 6.07) is 3.72. The fraction of sp³-hybridized carbons (Fsp3) is 0.400. The van der Waals surface area contributed by atoms with Crippen LogP contribution in [-0.4, -0.2) is 35.3 Å². The summed E-state index contributed by atoms with van der Waals surface area (Å²) in [7, 11) is 1.85. The number of aliphatic hydroxyl groups excluding tert-OH is 1. The number of hydrogen-bond acceptors (Lipinski definition) is 4. The minimum atomic E-state index is 0.0723. The van der Waals surface area contributed by atoms with E-state index in [0.29, 0.717) is 11.5 Å². The lowest BCUT2D eigenvalue weighted by atomic mass is 10.2. The van der Waals surface area contributed by atoms with Crippen LogP contribution in [-0.2, 0) is 0 Å². The highest BCUT2D eigenvalue weighted by Gasteiger charge is 2.10. The Kier molecular flexibility index (Phi) is 3.99. The Morgan fingerprint density at radius 2 is 2.27 bits per heavy atom. The number of aromatic nitrogens is 1. The maximum atomic E-state index is 8.86. The van der Waals surface area contributed by atoms with Gasteiger partial charge in [-0.15, -0.1) is 0 Å². The molecular formula is C10H15N3OS. The van der Waals surface area contributed by atoms with Gasteiger partial charge in [0.2, 0.25) is 0 Å². The average molecular weight is 225 g/mol. The quantitative estimate of drug-likeness (QED) is 0.729. The van der Waals surface area contributed by atoms with E-state index in [9.17, 15) is 0 Å². The summed E-state index contributed by atoms with van der Waals surface area (Å²) in [4.78, 5) is 6.52. The van der Waals surface area contributed by atoms with Gasteiger partial charge in [-0.1, -0.05) is 12.2 Å². The van der Waals surface area contributed by atoms with Crippen molar-refractivity contribution in [3.05, 3.63) is 23.4 Å². The topological polar surface area (TPSA) is 62.4 Å². The van der Waals surface area contributed by atoms with Gasteiger partial charge in [-0.3, -0.25) is 0 Å². The van der Waals surface area contributed by atoms with Gasteiger partial charge in [0, 0.05) is 19.3 Å². The molecule has 15 heavy (non-hydrogen) atoms. The van der Waals surface area contributed by atoms with Crippen molar-refractivity contribution in [1.82, 2.24) is 4.98 Å². The van der Waals surface area contributed by atoms with E-state index >= 15 is 0 Å². The first-order chi connectivity index (χ1) is 7.06. The van der Waals surface area contributed by atoms with Crippen molar-refractivity contribution in [2.45, 2.75) is 6.92 Å². The molecule has 3 N–H and O–H groups in total. The van der Waals surface area contributed by atoms with Gasteiger partial charge < -0.3 is 15.7 Å². The second-order valence-corrected chi connectivity index (χ2v) is 3.77. The largest absolute Gasteiger partial charge is 0.395 e. The van der Waals surface area contributed by atoms with Crippen LogP contribution in [0, 0.1) is 6.92 Å². The minimum absolute atomic E-state index is 0.0723. The van der Waals surface area contributed by atoms with Crippen molar-refractivity contribution in [1.29, 1.82) is 0 Å². The van der Waals surface area contributed by atoms with Gasteiger partial charge in [-0.05, 0) is 19.1 Å². The van der Waals surface area contributed by atoms with Gasteiger partial charge in [0.05, 0.1) is 12.2 Å². The second-order valence-electron chi connectivity index (χ2n) is 3.33. The average Bonchev–Trinajstić information content (AvgIpc) is 2.17. The van der Waals surface area contributed by atoms with E-state index in [1.165, 1.54) is 0 Å². The van der Waals surface area contributed by atoms with E-state index in [0.717, 1.165) is 17.1 Å². The summed E-state index contributed by atoms with van der Waals surface area (Å²) in [5.74, 6) is 0.719. The van der Waals surface area contributed by atoms with Gasteiger partial charge in [-0.2, -0.15) is 0 Å². The third kappa shape index (κ3) is 2.87. The fourth-order valence-electron chi connectivity index (χ4n) is 1.28. The molecule has 4 nitrogen and oxygen atoms in total. The van der Waals surface area contributed by atoms with Crippen LogP contribution in [0.15, 0.2) is 12.1 Å². The van der Waals surface area contributed by atoms with E-state index in [1.54, 1.807) is 0 Å². The monoisotopic (exact) mass is 225 g/mol. The Labute approximate surface area is 94.7 Å². The maximum absolute atomic E-state index is 8.86. The molecule has 0 aliphatic heterocycles. The standard InChI is InChI=1S/C10H15N3OS/c1-7-3-4-8(9(11)15)10(12-7)13(2)5-6-14/h3-4,14H,5-6H2,1-2H3,(H2,11,15). The summed E-state index contributed by atoms with van der Waals surface area (Å²) in [6.45, 7) is 2.48. The van der Waals surface area contributed by atoms with Crippen molar-refractivity contribution in [3.8, 4) is 0 Å². The summed E-state index contributed by atoms with van der Waals surface area (Å²) in [5, 5.41) is 8.86. The van der Waals surface area contributed by atoms with Gasteiger partial charge >= 0.3 is 0 Å². The molecule has 1 heterocycles. The Morgan fingerprint density at radius 3 is 2.80 bits per heavy atom. The number of nitrogens with zero attached hydrogens (tertiary/aromatic N) is 2. The van der Waals surface area contributed by atoms with Gasteiger partial charge in [0.1, 0.15) is 10.8 Å². The van der Waals surface area contributed by atoms with Crippen molar-refractivity contribution >= 4 is 23.0 Å². The molecule has 0 aromatic carbocycles. The van der Waals surface area contributed by atoms with Crippen LogP contribution in [0.5, 0.6) is 0 Å². The molecule has 0 saturated carbocycles. The number of hydrogen-bond donors (Lipinski definition) is 2. The van der Waals surface area contributed by atoms with Crippen LogP contribution in [0.25, 0.3) is 0 Å². The second kappa shape index (κ2) is 5.04. The number of aryl methyl sites for hydroxylation is 1. The van der Waals surface area contributed by atoms with Crippen molar-refractivity contribution in [2.75, 3.05) is 25.1 Å². The number of anilines is 1. The zero-order valence-corrected chi connectivity index (χ0v) is 9.71. The Balaban J connectivity index is 3.12. The predicted octanol–water partition coefficient (Wildman–Crippen LogP) is 0.453. The third-order valence-corrected chi connectivity index (χ3v) is 2.30. The highest BCUT2D eigenvalue weighted by Crippen LogP contribution is 2.16. The molecule has 1 rings (SSSR count). The van der Waals surface area contributed by atoms with E-state index in [-0.39, 0.29) is 6.61 Å². The summed E-state index contributed by atoms with van der Waals surface area (Å²) < 4.78 is 0. The third-order valence-electron chi connectivity index (χ3n) is 2.08. The SMILES string of the molecule is Cc1ccc(C(N)=S)c(N(C)CCO)n1. The first kappa shape index (κ1) is 11.9. The van der Waals surface area contributed by atoms with Crippen LogP contribution >= 0.6 is 12.2 Å². The Hall–Kier alpha value is -1.20. The molecular weight excluding hydrogens is 210 g/mol. The van der Waals surface area contributed by atoms with E-state index in [2.05, 4.69) is 4.98 Å². The molecule has 0 unspecified atom stereocenters.